The lowest BCUT2D eigenvalue weighted by atomic mass is 10.0. The summed E-state index contributed by atoms with van der Waals surface area (Å²) in [6, 6.07) is 4.47. The molecule has 2 N–H and O–H groups in total. The molecule has 2 atom stereocenters. The van der Waals surface area contributed by atoms with E-state index in [9.17, 15) is 4.39 Å². The molecule has 3 nitrogen and oxygen atoms in total. The van der Waals surface area contributed by atoms with Crippen LogP contribution in [0.2, 0.25) is 0 Å². The van der Waals surface area contributed by atoms with Gasteiger partial charge in [-0.1, -0.05) is 6.07 Å². The van der Waals surface area contributed by atoms with Crippen LogP contribution in [0.5, 0.6) is 5.75 Å². The fourth-order valence-electron chi connectivity index (χ4n) is 2.18. The summed E-state index contributed by atoms with van der Waals surface area (Å²) >= 11 is 0. The van der Waals surface area contributed by atoms with Crippen molar-refractivity contribution in [1.82, 2.24) is 5.32 Å². The van der Waals surface area contributed by atoms with E-state index in [-0.39, 0.29) is 23.7 Å². The Bertz CT molecular complexity index is 378. The van der Waals surface area contributed by atoms with Gasteiger partial charge in [0.25, 0.3) is 0 Å². The van der Waals surface area contributed by atoms with Crippen molar-refractivity contribution in [1.29, 1.82) is 0 Å². The number of rotatable bonds is 3. The van der Waals surface area contributed by atoms with Crippen LogP contribution in [0.25, 0.3) is 0 Å². The van der Waals surface area contributed by atoms with E-state index in [1.807, 2.05) is 6.92 Å². The molecule has 0 spiro atoms. The van der Waals surface area contributed by atoms with Crippen molar-refractivity contribution in [2.45, 2.75) is 31.8 Å². The van der Waals surface area contributed by atoms with Crippen molar-refractivity contribution in [3.05, 3.63) is 29.6 Å². The zero-order valence-corrected chi connectivity index (χ0v) is 9.95. The number of hydrogen-bond acceptors (Lipinski definition) is 3. The Morgan fingerprint density at radius 2 is 2.35 bits per heavy atom. The summed E-state index contributed by atoms with van der Waals surface area (Å²) in [4.78, 5) is 0. The second kappa shape index (κ2) is 5.47. The lowest BCUT2D eigenvalue weighted by Gasteiger charge is -2.27. The summed E-state index contributed by atoms with van der Waals surface area (Å²) in [5.74, 6) is -0.416. The molecule has 0 aliphatic carbocycles. The molecule has 1 heterocycles. The van der Waals surface area contributed by atoms with Crippen LogP contribution < -0.4 is 5.32 Å². The van der Waals surface area contributed by atoms with Crippen LogP contribution in [0.1, 0.15) is 31.4 Å². The molecular weight excluding hydrogens is 221 g/mol. The number of aromatic hydroxyl groups is 1. The van der Waals surface area contributed by atoms with E-state index in [4.69, 9.17) is 9.84 Å². The van der Waals surface area contributed by atoms with Gasteiger partial charge < -0.3 is 15.2 Å². The minimum atomic E-state index is -0.373. The summed E-state index contributed by atoms with van der Waals surface area (Å²) in [6.45, 7) is 3.42. The first-order chi connectivity index (χ1) is 8.16. The maximum absolute atomic E-state index is 13.6. The molecule has 1 aromatic carbocycles. The predicted molar refractivity (Wildman–Crippen MR) is 63.5 cm³/mol. The zero-order chi connectivity index (χ0) is 12.3. The van der Waals surface area contributed by atoms with E-state index in [0.29, 0.717) is 12.2 Å². The first-order valence-electron chi connectivity index (χ1n) is 5.99. The van der Waals surface area contributed by atoms with Crippen LogP contribution in [0, 0.1) is 5.82 Å². The van der Waals surface area contributed by atoms with Gasteiger partial charge in [-0.25, -0.2) is 4.39 Å². The molecule has 17 heavy (non-hydrogen) atoms. The third-order valence-corrected chi connectivity index (χ3v) is 3.10. The van der Waals surface area contributed by atoms with E-state index in [1.165, 1.54) is 6.07 Å². The number of phenolic OH excluding ortho intramolecular Hbond substituents is 1. The monoisotopic (exact) mass is 239 g/mol. The number of hydrogen-bond donors (Lipinski definition) is 2. The summed E-state index contributed by atoms with van der Waals surface area (Å²) in [7, 11) is 0. The number of phenols is 1. The molecule has 1 aromatic rings. The van der Waals surface area contributed by atoms with Crippen LogP contribution in [0.4, 0.5) is 4.39 Å². The largest absolute Gasteiger partial charge is 0.508 e. The molecule has 2 unspecified atom stereocenters. The first kappa shape index (κ1) is 12.3. The first-order valence-corrected chi connectivity index (χ1v) is 5.99. The Morgan fingerprint density at radius 1 is 1.53 bits per heavy atom. The lowest BCUT2D eigenvalue weighted by Crippen LogP contribution is -2.38. The number of halogens is 1. The summed E-state index contributed by atoms with van der Waals surface area (Å²) < 4.78 is 19.0. The van der Waals surface area contributed by atoms with Crippen molar-refractivity contribution < 1.29 is 14.2 Å². The van der Waals surface area contributed by atoms with E-state index >= 15 is 0 Å². The van der Waals surface area contributed by atoms with Crippen LogP contribution >= 0.6 is 0 Å². The smallest absolute Gasteiger partial charge is 0.131 e. The molecule has 0 radical (unpaired) electrons. The number of benzene rings is 1. The van der Waals surface area contributed by atoms with Crippen molar-refractivity contribution in [3.8, 4) is 5.75 Å². The second-order valence-corrected chi connectivity index (χ2v) is 4.51. The van der Waals surface area contributed by atoms with E-state index < -0.39 is 0 Å². The standard InChI is InChI=1S/C13H18FNO2/c1-9(15-10-3-2-6-17-8-10)12-5-4-11(16)7-13(12)14/h4-5,7,9-10,15-16H,2-3,6,8H2,1H3. The van der Waals surface area contributed by atoms with Gasteiger partial charge in [0.2, 0.25) is 0 Å². The van der Waals surface area contributed by atoms with Crippen molar-refractivity contribution >= 4 is 0 Å². The van der Waals surface area contributed by atoms with Crippen LogP contribution in [-0.2, 0) is 4.74 Å². The Kier molecular flexibility index (Phi) is 3.97. The van der Waals surface area contributed by atoms with Gasteiger partial charge in [-0.05, 0) is 25.8 Å². The highest BCUT2D eigenvalue weighted by Crippen LogP contribution is 2.22. The van der Waals surface area contributed by atoms with Gasteiger partial charge in [0.15, 0.2) is 0 Å². The third kappa shape index (κ3) is 3.17. The Hall–Kier alpha value is -1.13. The fourth-order valence-corrected chi connectivity index (χ4v) is 2.18. The second-order valence-electron chi connectivity index (χ2n) is 4.51. The normalized spacial score (nSPS) is 22.4. The highest BCUT2D eigenvalue weighted by atomic mass is 19.1. The molecular formula is C13H18FNO2. The van der Waals surface area contributed by atoms with Crippen LogP contribution in [0.15, 0.2) is 18.2 Å². The summed E-state index contributed by atoms with van der Waals surface area (Å²) in [5.41, 5.74) is 0.577. The molecule has 2 rings (SSSR count). The maximum atomic E-state index is 13.6. The van der Waals surface area contributed by atoms with E-state index in [2.05, 4.69) is 5.32 Å². The zero-order valence-electron chi connectivity index (χ0n) is 9.95. The summed E-state index contributed by atoms with van der Waals surface area (Å²) in [5, 5.41) is 12.5. The van der Waals surface area contributed by atoms with Crippen LogP contribution in [-0.4, -0.2) is 24.4 Å². The molecule has 1 aliphatic heterocycles. The van der Waals surface area contributed by atoms with Crippen molar-refractivity contribution in [2.75, 3.05) is 13.2 Å². The molecule has 1 saturated heterocycles. The average molecular weight is 239 g/mol. The molecule has 94 valence electrons. The number of ether oxygens (including phenoxy) is 1. The molecule has 0 amide bonds. The lowest BCUT2D eigenvalue weighted by molar-refractivity contribution is 0.0669. The average Bonchev–Trinajstić information content (AvgIpc) is 2.30. The topological polar surface area (TPSA) is 41.5 Å². The molecule has 0 saturated carbocycles. The SMILES string of the molecule is CC(NC1CCCOC1)c1ccc(O)cc1F. The van der Waals surface area contributed by atoms with E-state index in [0.717, 1.165) is 25.5 Å². The quantitative estimate of drug-likeness (QED) is 0.850. The van der Waals surface area contributed by atoms with Gasteiger partial charge in [0.05, 0.1) is 6.61 Å². The van der Waals surface area contributed by atoms with Gasteiger partial charge in [-0.15, -0.1) is 0 Å². The van der Waals surface area contributed by atoms with E-state index in [1.54, 1.807) is 6.07 Å². The van der Waals surface area contributed by atoms with Gasteiger partial charge in [0, 0.05) is 30.3 Å². The van der Waals surface area contributed by atoms with Crippen molar-refractivity contribution in [2.24, 2.45) is 0 Å². The Morgan fingerprint density at radius 3 is 3.00 bits per heavy atom. The van der Waals surface area contributed by atoms with Gasteiger partial charge in [0.1, 0.15) is 11.6 Å². The summed E-state index contributed by atoms with van der Waals surface area (Å²) in [6.07, 6.45) is 2.10. The highest BCUT2D eigenvalue weighted by molar-refractivity contribution is 5.29. The minimum absolute atomic E-state index is 0.0422. The molecule has 4 heteroatoms. The highest BCUT2D eigenvalue weighted by Gasteiger charge is 2.18. The van der Waals surface area contributed by atoms with Gasteiger partial charge in [-0.3, -0.25) is 0 Å². The molecule has 1 fully saturated rings. The fraction of sp³-hybridized carbons (Fsp3) is 0.538. The van der Waals surface area contributed by atoms with Crippen LogP contribution in [0.3, 0.4) is 0 Å². The molecule has 1 aliphatic rings. The minimum Gasteiger partial charge on any atom is -0.508 e. The van der Waals surface area contributed by atoms with Gasteiger partial charge >= 0.3 is 0 Å². The maximum Gasteiger partial charge on any atom is 0.131 e. The number of nitrogens with one attached hydrogen (secondary N) is 1. The third-order valence-electron chi connectivity index (χ3n) is 3.10. The van der Waals surface area contributed by atoms with Crippen molar-refractivity contribution in [3.63, 3.8) is 0 Å². The van der Waals surface area contributed by atoms with Gasteiger partial charge in [-0.2, -0.15) is 0 Å². The molecule has 0 aromatic heterocycles. The molecule has 0 bridgehead atoms. The Labute approximate surface area is 101 Å². The Balaban J connectivity index is 2.00. The predicted octanol–water partition coefficient (Wildman–Crippen LogP) is 2.36.